The van der Waals surface area contributed by atoms with Gasteiger partial charge in [-0.3, -0.25) is 4.98 Å². The number of pyridine rings is 1. The number of rotatable bonds is 0. The molecule has 0 aromatic carbocycles. The first-order chi connectivity index (χ1) is 14.7. The standard InChI is InChI=1S/C21H30ClN5.2ClH.Mn.2H2/c22-15-11-16-13-25-20-7-3-1-5-18(20)23-9-10-24-19-6-2-4-8-21(19)26-14-17(12-15)27-16;;;;;/h11-12,18-21H,1-10,13-14H2;2*1H;;2*1H/q-4;;;+2;;/p-2/t18-,19?,20-,21?;;;;;/m1...../s1. The van der Waals surface area contributed by atoms with Crippen LogP contribution in [0.3, 0.4) is 0 Å². The van der Waals surface area contributed by atoms with E-state index in [9.17, 15) is 0 Å². The summed E-state index contributed by atoms with van der Waals surface area (Å²) in [4.78, 5) is 4.79. The number of halogens is 3. The summed E-state index contributed by atoms with van der Waals surface area (Å²) in [6.07, 6.45) is 9.62. The van der Waals surface area contributed by atoms with Gasteiger partial charge < -0.3 is 21.3 Å². The van der Waals surface area contributed by atoms with E-state index in [1.54, 1.807) is 0 Å². The van der Waals surface area contributed by atoms with E-state index < -0.39 is 0 Å². The van der Waals surface area contributed by atoms with Gasteiger partial charge in [0, 0.05) is 19.3 Å². The first kappa shape index (κ1) is 25.0. The smallest absolute Gasteiger partial charge is 0 e. The molecule has 0 N–H and O–H groups in total. The topological polar surface area (TPSA) is 69.3 Å². The van der Waals surface area contributed by atoms with E-state index in [4.69, 9.17) is 58.0 Å². The number of nitrogens with zero attached hydrogens (tertiary/aromatic N) is 5. The number of fused-ring (bicyclic) bond motifs is 4. The van der Waals surface area contributed by atoms with E-state index >= 15 is 0 Å². The third-order valence-electron chi connectivity index (χ3n) is 6.09. The van der Waals surface area contributed by atoms with E-state index in [1.165, 1.54) is 25.7 Å². The molecule has 4 rings (SSSR count). The van der Waals surface area contributed by atoms with Crippen LogP contribution in [0.25, 0.3) is 21.3 Å². The molecule has 1 aromatic heterocycles. The van der Waals surface area contributed by atoms with Gasteiger partial charge in [0.15, 0.2) is 0 Å². The average molecular weight is 518 g/mol. The van der Waals surface area contributed by atoms with E-state index in [0.717, 1.165) is 55.2 Å². The van der Waals surface area contributed by atoms with Crippen molar-refractivity contribution in [3.05, 3.63) is 49.8 Å². The molecule has 2 unspecified atom stereocenters. The van der Waals surface area contributed by atoms with E-state index in [1.807, 2.05) is 12.1 Å². The maximum Gasteiger partial charge on any atom is 0 e. The van der Waals surface area contributed by atoms with E-state index in [0.29, 0.717) is 37.3 Å². The Bertz CT molecular complexity index is 601. The van der Waals surface area contributed by atoms with Crippen LogP contribution in [-0.2, 0) is 26.2 Å². The van der Waals surface area contributed by atoms with Crippen LogP contribution in [0.2, 0.25) is 5.02 Å². The Balaban J connectivity index is 0.000000971. The molecule has 0 saturated heterocycles. The molecule has 0 amide bonds. The van der Waals surface area contributed by atoms with Gasteiger partial charge in [0.25, 0.3) is 0 Å². The molecule has 2 saturated carbocycles. The summed E-state index contributed by atoms with van der Waals surface area (Å²) in [5, 5.41) is 20.6. The molecule has 4 atom stereocenters. The molecule has 3 aliphatic rings. The van der Waals surface area contributed by atoms with Gasteiger partial charge in [-0.1, -0.05) is 63.0 Å². The zero-order chi connectivity index (χ0) is 21.2. The van der Waals surface area contributed by atoms with Gasteiger partial charge in [0.2, 0.25) is 0 Å². The minimum atomic E-state index is 0. The Morgan fingerprint density at radius 3 is 1.50 bits per heavy atom. The molecule has 2 aliphatic carbocycles. The summed E-state index contributed by atoms with van der Waals surface area (Å²) in [7, 11) is 9.59. The molecule has 175 valence electrons. The first-order valence-electron chi connectivity index (χ1n) is 10.9. The summed E-state index contributed by atoms with van der Waals surface area (Å²) in [5.74, 6) is 0. The molecular weight excluding hydrogens is 484 g/mol. The fraction of sp³-hybridized carbons (Fsp3) is 0.762. The maximum atomic E-state index is 6.35. The largest absolute Gasteiger partial charge is 0 e. The molecular formula is C21H34Cl3MnN5-4. The van der Waals surface area contributed by atoms with Crippen molar-refractivity contribution in [2.24, 2.45) is 0 Å². The molecule has 2 heterocycles. The summed E-state index contributed by atoms with van der Waals surface area (Å²) < 4.78 is 0. The zero-order valence-corrected chi connectivity index (χ0v) is 20.6. The normalized spacial score (nSPS) is 30.5. The SMILES string of the molecule is Clc1cc2nc(c1)C[N-][C@@H]1CCCC[C@H]1[N-]CC[N-]C1CCCCC1[N-]C2.[Cl][Mn][Cl].[HH].[HH]. The van der Waals surface area contributed by atoms with Crippen LogP contribution >= 0.6 is 31.8 Å². The van der Waals surface area contributed by atoms with Gasteiger partial charge in [-0.25, -0.2) is 0 Å². The minimum Gasteiger partial charge on any atom is 0 e. The van der Waals surface area contributed by atoms with Crippen molar-refractivity contribution in [1.82, 2.24) is 4.98 Å². The quantitative estimate of drug-likeness (QED) is 0.325. The Kier molecular flexibility index (Phi) is 11.5. The minimum absolute atomic E-state index is 0. The molecule has 2 fully saturated rings. The van der Waals surface area contributed by atoms with Gasteiger partial charge in [0.05, 0.1) is 0 Å². The first-order valence-corrected chi connectivity index (χ1v) is 14.5. The zero-order valence-electron chi connectivity index (χ0n) is 17.2. The van der Waals surface area contributed by atoms with Crippen LogP contribution in [0.4, 0.5) is 0 Å². The Morgan fingerprint density at radius 1 is 0.733 bits per heavy atom. The van der Waals surface area contributed by atoms with Gasteiger partial charge in [-0.2, -0.15) is 37.3 Å². The fourth-order valence-electron chi connectivity index (χ4n) is 4.67. The van der Waals surface area contributed by atoms with Crippen molar-refractivity contribution in [2.75, 3.05) is 13.1 Å². The molecule has 1 aromatic rings. The second-order valence-electron chi connectivity index (χ2n) is 8.15. The van der Waals surface area contributed by atoms with Crippen LogP contribution in [0.5, 0.6) is 0 Å². The Hall–Kier alpha value is 0.379. The summed E-state index contributed by atoms with van der Waals surface area (Å²) in [5.41, 5.74) is 1.91. The average Bonchev–Trinajstić information content (AvgIpc) is 2.75. The molecule has 1 aliphatic heterocycles. The van der Waals surface area contributed by atoms with E-state index in [-0.39, 0.29) is 16.0 Å². The van der Waals surface area contributed by atoms with Crippen molar-refractivity contribution in [3.63, 3.8) is 0 Å². The van der Waals surface area contributed by atoms with E-state index in [2.05, 4.69) is 0 Å². The van der Waals surface area contributed by atoms with Crippen molar-refractivity contribution < 1.29 is 16.0 Å². The third kappa shape index (κ3) is 8.06. The third-order valence-corrected chi connectivity index (χ3v) is 6.31. The molecule has 0 radical (unpaired) electrons. The summed E-state index contributed by atoms with van der Waals surface area (Å²) in [6, 6.07) is 5.23. The van der Waals surface area contributed by atoms with Gasteiger partial charge in [-0.15, -0.1) is 13.1 Å². The molecule has 30 heavy (non-hydrogen) atoms. The van der Waals surface area contributed by atoms with Crippen LogP contribution in [-0.4, -0.2) is 42.2 Å². The van der Waals surface area contributed by atoms with Crippen molar-refractivity contribution in [3.8, 4) is 0 Å². The van der Waals surface area contributed by atoms with Crippen molar-refractivity contribution in [1.29, 1.82) is 0 Å². The van der Waals surface area contributed by atoms with Crippen LogP contribution in [0, 0.1) is 0 Å². The van der Waals surface area contributed by atoms with Gasteiger partial charge in [0.1, 0.15) is 0 Å². The van der Waals surface area contributed by atoms with Crippen LogP contribution in [0.15, 0.2) is 12.1 Å². The van der Waals surface area contributed by atoms with Gasteiger partial charge >= 0.3 is 33.3 Å². The Morgan fingerprint density at radius 2 is 1.10 bits per heavy atom. The molecule has 5 nitrogen and oxygen atoms in total. The molecule has 9 heteroatoms. The number of aromatic nitrogens is 1. The fourth-order valence-corrected chi connectivity index (χ4v) is 4.93. The monoisotopic (exact) mass is 516 g/mol. The summed E-state index contributed by atoms with van der Waals surface area (Å²) >= 11 is 6.36. The van der Waals surface area contributed by atoms with Crippen LogP contribution in [0.1, 0.15) is 65.6 Å². The summed E-state index contributed by atoms with van der Waals surface area (Å²) in [6.45, 7) is 2.91. The second kappa shape index (κ2) is 13.8. The second-order valence-corrected chi connectivity index (χ2v) is 10.5. The predicted octanol–water partition coefficient (Wildman–Crippen LogP) is 7.73. The number of hydrogen-bond acceptors (Lipinski definition) is 1. The maximum absolute atomic E-state index is 6.35. The van der Waals surface area contributed by atoms with Crippen molar-refractivity contribution >= 4 is 31.8 Å². The number of hydrogen-bond donors (Lipinski definition) is 0. The Labute approximate surface area is 203 Å². The molecule has 2 bridgehead atoms. The van der Waals surface area contributed by atoms with Crippen LogP contribution < -0.4 is 0 Å². The van der Waals surface area contributed by atoms with Crippen molar-refractivity contribution in [2.45, 2.75) is 88.6 Å². The van der Waals surface area contributed by atoms with Gasteiger partial charge in [-0.05, 0) is 12.1 Å². The molecule has 0 spiro atoms. The predicted molar refractivity (Wildman–Crippen MR) is 128 cm³/mol.